The fourth-order valence-corrected chi connectivity index (χ4v) is 5.10. The first kappa shape index (κ1) is 19.4. The number of carbonyl (C=O) groups excluding carboxylic acids is 1. The number of anilines is 1. The number of pyridine rings is 2. The van der Waals surface area contributed by atoms with Crippen LogP contribution in [0, 0.1) is 35.9 Å². The van der Waals surface area contributed by atoms with Crippen molar-refractivity contribution in [3.05, 3.63) is 71.8 Å². The molecule has 1 aromatic carbocycles. The molecule has 0 radical (unpaired) electrons. The smallest absolute Gasteiger partial charge is 0.225 e. The van der Waals surface area contributed by atoms with E-state index in [4.69, 9.17) is 6.42 Å². The van der Waals surface area contributed by atoms with E-state index < -0.39 is 0 Å². The van der Waals surface area contributed by atoms with E-state index in [9.17, 15) is 9.18 Å². The van der Waals surface area contributed by atoms with Gasteiger partial charge in [0.15, 0.2) is 0 Å². The maximum atomic E-state index is 13.8. The van der Waals surface area contributed by atoms with Crippen LogP contribution >= 0.6 is 0 Å². The Hall–Kier alpha value is -3.52. The number of fused-ring (bicyclic) bond motifs is 2. The topological polar surface area (TPSA) is 54.9 Å². The van der Waals surface area contributed by atoms with Gasteiger partial charge in [0, 0.05) is 29.8 Å². The van der Waals surface area contributed by atoms with E-state index in [0.29, 0.717) is 35.6 Å². The summed E-state index contributed by atoms with van der Waals surface area (Å²) >= 11 is 0. The van der Waals surface area contributed by atoms with Crippen LogP contribution in [-0.4, -0.2) is 15.9 Å². The Bertz CT molecular complexity index is 1230. The van der Waals surface area contributed by atoms with Crippen LogP contribution in [0.5, 0.6) is 0 Å². The molecule has 31 heavy (non-hydrogen) atoms. The van der Waals surface area contributed by atoms with E-state index in [2.05, 4.69) is 27.3 Å². The monoisotopic (exact) mass is 411 g/mol. The van der Waals surface area contributed by atoms with Gasteiger partial charge in [-0.15, -0.1) is 6.42 Å². The van der Waals surface area contributed by atoms with Gasteiger partial charge in [-0.1, -0.05) is 12.0 Å². The van der Waals surface area contributed by atoms with E-state index >= 15 is 0 Å². The highest BCUT2D eigenvalue weighted by Gasteiger charge is 2.38. The first-order valence-corrected chi connectivity index (χ1v) is 10.6. The number of benzene rings is 1. The van der Waals surface area contributed by atoms with Gasteiger partial charge in [-0.2, -0.15) is 0 Å². The van der Waals surface area contributed by atoms with E-state index in [1.807, 2.05) is 6.07 Å². The molecule has 1 N–H and O–H groups in total. The lowest BCUT2D eigenvalue weighted by Gasteiger charge is -2.13. The molecule has 0 spiro atoms. The van der Waals surface area contributed by atoms with Crippen molar-refractivity contribution in [3.63, 3.8) is 0 Å². The van der Waals surface area contributed by atoms with Crippen LogP contribution < -0.4 is 5.32 Å². The second-order valence-corrected chi connectivity index (χ2v) is 8.51. The van der Waals surface area contributed by atoms with Crippen molar-refractivity contribution in [2.75, 3.05) is 5.32 Å². The molecule has 0 bridgehead atoms. The molecule has 4 nitrogen and oxygen atoms in total. The zero-order valence-corrected chi connectivity index (χ0v) is 17.0. The predicted octanol–water partition coefficient (Wildman–Crippen LogP) is 5.21. The van der Waals surface area contributed by atoms with Gasteiger partial charge in [-0.3, -0.25) is 9.78 Å². The fourth-order valence-electron chi connectivity index (χ4n) is 5.10. The van der Waals surface area contributed by atoms with Gasteiger partial charge in [-0.25, -0.2) is 9.37 Å². The van der Waals surface area contributed by atoms with Gasteiger partial charge in [0.2, 0.25) is 5.91 Å². The summed E-state index contributed by atoms with van der Waals surface area (Å²) in [5.41, 5.74) is 3.85. The van der Waals surface area contributed by atoms with Gasteiger partial charge < -0.3 is 5.32 Å². The van der Waals surface area contributed by atoms with Gasteiger partial charge in [0.25, 0.3) is 0 Å². The number of amides is 1. The summed E-state index contributed by atoms with van der Waals surface area (Å²) in [6.07, 6.45) is 14.5. The molecule has 0 aliphatic heterocycles. The molecular formula is C26H22FN3O. The van der Waals surface area contributed by atoms with Crippen LogP contribution in [0.2, 0.25) is 0 Å². The average Bonchev–Trinajstić information content (AvgIpc) is 3.32. The van der Waals surface area contributed by atoms with E-state index in [-0.39, 0.29) is 11.7 Å². The van der Waals surface area contributed by atoms with Crippen molar-refractivity contribution in [1.29, 1.82) is 0 Å². The molecule has 2 aliphatic carbocycles. The number of terminal acetylenes is 1. The number of carbonyl (C=O) groups is 1. The molecule has 2 aliphatic rings. The summed E-state index contributed by atoms with van der Waals surface area (Å²) < 4.78 is 13.8. The zero-order chi connectivity index (χ0) is 21.4. The summed E-state index contributed by atoms with van der Waals surface area (Å²) in [7, 11) is 0. The molecule has 3 aromatic rings. The zero-order valence-electron chi connectivity index (χ0n) is 17.0. The highest BCUT2D eigenvalue weighted by Crippen LogP contribution is 2.49. The molecule has 2 aromatic heterocycles. The number of allylic oxidation sites excluding steroid dienone is 2. The van der Waals surface area contributed by atoms with Crippen LogP contribution in [0.25, 0.3) is 16.5 Å². The first-order valence-electron chi connectivity index (χ1n) is 10.6. The fraction of sp³-hybridized carbons (Fsp3) is 0.269. The maximum absolute atomic E-state index is 13.8. The van der Waals surface area contributed by atoms with Crippen molar-refractivity contribution in [3.8, 4) is 12.3 Å². The van der Waals surface area contributed by atoms with Crippen molar-refractivity contribution in [2.24, 2.45) is 17.8 Å². The molecule has 2 heterocycles. The van der Waals surface area contributed by atoms with E-state index in [1.165, 1.54) is 11.6 Å². The van der Waals surface area contributed by atoms with Crippen molar-refractivity contribution >= 4 is 28.2 Å². The third kappa shape index (κ3) is 3.94. The Kier molecular flexibility index (Phi) is 4.99. The molecule has 3 atom stereocenters. The summed E-state index contributed by atoms with van der Waals surface area (Å²) in [6.45, 7) is 0. The SMILES string of the molecule is C#Cc1ccc(NC(=O)C[C@@H]2CC3C=C(c4ccnc5ccc(F)cc45)CC3C2)nc1. The second kappa shape index (κ2) is 7.96. The number of nitrogens with one attached hydrogen (secondary N) is 1. The first-order chi connectivity index (χ1) is 15.1. The van der Waals surface area contributed by atoms with Gasteiger partial charge in [0.05, 0.1) is 5.52 Å². The van der Waals surface area contributed by atoms with Crippen molar-refractivity contribution in [1.82, 2.24) is 9.97 Å². The predicted molar refractivity (Wildman–Crippen MR) is 119 cm³/mol. The summed E-state index contributed by atoms with van der Waals surface area (Å²) in [6, 6.07) is 10.2. The van der Waals surface area contributed by atoms with Gasteiger partial charge in [-0.05, 0) is 84.6 Å². The van der Waals surface area contributed by atoms with Gasteiger partial charge >= 0.3 is 0 Å². The minimum absolute atomic E-state index is 0.00858. The van der Waals surface area contributed by atoms with Crippen LogP contribution in [0.15, 0.2) is 54.9 Å². The van der Waals surface area contributed by atoms with Crippen LogP contribution in [-0.2, 0) is 4.79 Å². The number of hydrogen-bond donors (Lipinski definition) is 1. The molecule has 5 heteroatoms. The minimum Gasteiger partial charge on any atom is -0.311 e. The third-order valence-electron chi connectivity index (χ3n) is 6.47. The largest absolute Gasteiger partial charge is 0.311 e. The standard InChI is InChI=1S/C26H22FN3O/c1-2-16-3-6-25(29-15-16)30-26(31)11-17-9-18-12-20(13-19(18)10-17)22-7-8-28-24-5-4-21(27)14-23(22)24/h1,3-8,12,14-15,17-19H,9-11,13H2,(H,29,30,31)/t17-,18?,19?/m1/s1. The van der Waals surface area contributed by atoms with Crippen LogP contribution in [0.1, 0.15) is 36.8 Å². The van der Waals surface area contributed by atoms with Crippen LogP contribution in [0.4, 0.5) is 10.2 Å². The van der Waals surface area contributed by atoms with Crippen LogP contribution in [0.3, 0.4) is 0 Å². The number of aromatic nitrogens is 2. The number of hydrogen-bond acceptors (Lipinski definition) is 3. The molecule has 154 valence electrons. The lowest BCUT2D eigenvalue weighted by Crippen LogP contribution is -2.16. The van der Waals surface area contributed by atoms with E-state index in [0.717, 1.165) is 35.7 Å². The molecule has 0 saturated heterocycles. The maximum Gasteiger partial charge on any atom is 0.225 e. The molecular weight excluding hydrogens is 389 g/mol. The highest BCUT2D eigenvalue weighted by molar-refractivity contribution is 5.92. The normalized spacial score (nSPS) is 22.1. The number of rotatable bonds is 4. The number of halogens is 1. The lowest BCUT2D eigenvalue weighted by atomic mass is 9.94. The van der Waals surface area contributed by atoms with E-state index in [1.54, 1.807) is 36.7 Å². The highest BCUT2D eigenvalue weighted by atomic mass is 19.1. The van der Waals surface area contributed by atoms with Crippen molar-refractivity contribution < 1.29 is 9.18 Å². The Morgan fingerprint density at radius 3 is 2.87 bits per heavy atom. The Morgan fingerprint density at radius 2 is 2.10 bits per heavy atom. The molecule has 1 fully saturated rings. The Morgan fingerprint density at radius 1 is 1.19 bits per heavy atom. The summed E-state index contributed by atoms with van der Waals surface area (Å²) in [5, 5.41) is 3.74. The Labute approximate surface area is 180 Å². The van der Waals surface area contributed by atoms with Crippen molar-refractivity contribution in [2.45, 2.75) is 25.7 Å². The summed E-state index contributed by atoms with van der Waals surface area (Å²) in [4.78, 5) is 21.0. The average molecular weight is 411 g/mol. The molecule has 1 saturated carbocycles. The quantitative estimate of drug-likeness (QED) is 0.600. The second-order valence-electron chi connectivity index (χ2n) is 8.51. The summed E-state index contributed by atoms with van der Waals surface area (Å²) in [5.74, 6) is 4.17. The molecule has 2 unspecified atom stereocenters. The third-order valence-corrected chi connectivity index (χ3v) is 6.47. The molecule has 1 amide bonds. The number of nitrogens with zero attached hydrogens (tertiary/aromatic N) is 2. The lowest BCUT2D eigenvalue weighted by molar-refractivity contribution is -0.117. The minimum atomic E-state index is -0.241. The van der Waals surface area contributed by atoms with Gasteiger partial charge in [0.1, 0.15) is 11.6 Å². The molecule has 5 rings (SSSR count). The Balaban J connectivity index is 1.24.